The molecular weight excluding hydrogens is 364 g/mol. The number of fused-ring (bicyclic) bond motifs is 3. The molecule has 6 rings (SSSR count). The number of pyridine rings is 2. The van der Waals surface area contributed by atoms with Gasteiger partial charge in [-0.1, -0.05) is 60.7 Å². The lowest BCUT2D eigenvalue weighted by Gasteiger charge is -2.08. The van der Waals surface area contributed by atoms with Crippen LogP contribution in [0.2, 0.25) is 0 Å². The van der Waals surface area contributed by atoms with Crippen LogP contribution in [0.3, 0.4) is 0 Å². The lowest BCUT2D eigenvalue weighted by atomic mass is 9.99. The van der Waals surface area contributed by atoms with Gasteiger partial charge >= 0.3 is 0 Å². The summed E-state index contributed by atoms with van der Waals surface area (Å²) < 4.78 is 0. The fourth-order valence-corrected chi connectivity index (χ4v) is 4.08. The predicted octanol–water partition coefficient (Wildman–Crippen LogP) is 7.27. The van der Waals surface area contributed by atoms with E-state index in [4.69, 9.17) is 4.98 Å². The monoisotopic (exact) mass is 382 g/mol. The van der Waals surface area contributed by atoms with Crippen LogP contribution >= 0.6 is 0 Å². The van der Waals surface area contributed by atoms with Crippen LogP contribution in [-0.4, -0.2) is 9.97 Å². The van der Waals surface area contributed by atoms with Crippen molar-refractivity contribution in [3.05, 3.63) is 109 Å². The van der Waals surface area contributed by atoms with Crippen molar-refractivity contribution in [3.63, 3.8) is 0 Å². The Labute approximate surface area is 174 Å². The molecule has 0 aliphatic carbocycles. The predicted molar refractivity (Wildman–Crippen MR) is 125 cm³/mol. The highest BCUT2D eigenvalue weighted by Gasteiger charge is 2.06. The lowest BCUT2D eigenvalue weighted by Crippen LogP contribution is -1.87. The standard InChI is InChI=1S/C28H18N2/c1-2-4-21-15-22(7-5-19(21)3-1)23-9-11-27-25(16-23)10-12-28(30-27)24-8-6-20-13-14-29-18-26(20)17-24/h1-18H. The maximum absolute atomic E-state index is 4.92. The Bertz CT molecular complexity index is 1430. The van der Waals surface area contributed by atoms with Crippen LogP contribution in [0, 0.1) is 0 Å². The molecule has 0 fully saturated rings. The summed E-state index contributed by atoms with van der Waals surface area (Å²) in [6.07, 6.45) is 3.72. The molecule has 2 nitrogen and oxygen atoms in total. The third-order valence-electron chi connectivity index (χ3n) is 5.71. The van der Waals surface area contributed by atoms with E-state index in [-0.39, 0.29) is 0 Å². The van der Waals surface area contributed by atoms with Crippen LogP contribution in [0.15, 0.2) is 109 Å². The first-order chi connectivity index (χ1) is 14.8. The average molecular weight is 382 g/mol. The van der Waals surface area contributed by atoms with Crippen molar-refractivity contribution in [2.24, 2.45) is 0 Å². The molecule has 2 aromatic heterocycles. The Hall–Kier alpha value is -4.04. The van der Waals surface area contributed by atoms with Gasteiger partial charge in [0.15, 0.2) is 0 Å². The van der Waals surface area contributed by atoms with Crippen molar-refractivity contribution in [1.29, 1.82) is 0 Å². The lowest BCUT2D eigenvalue weighted by molar-refractivity contribution is 1.36. The highest BCUT2D eigenvalue weighted by molar-refractivity contribution is 5.91. The van der Waals surface area contributed by atoms with Gasteiger partial charge in [0.1, 0.15) is 0 Å². The van der Waals surface area contributed by atoms with Gasteiger partial charge in [0.25, 0.3) is 0 Å². The fraction of sp³-hybridized carbons (Fsp3) is 0. The van der Waals surface area contributed by atoms with Gasteiger partial charge < -0.3 is 0 Å². The first kappa shape index (κ1) is 16.9. The number of benzene rings is 4. The summed E-state index contributed by atoms with van der Waals surface area (Å²) >= 11 is 0. The number of aromatic nitrogens is 2. The van der Waals surface area contributed by atoms with E-state index in [1.807, 2.05) is 18.5 Å². The summed E-state index contributed by atoms with van der Waals surface area (Å²) in [5.41, 5.74) is 5.52. The Kier molecular flexibility index (Phi) is 3.82. The normalized spacial score (nSPS) is 11.3. The van der Waals surface area contributed by atoms with Crippen molar-refractivity contribution in [3.8, 4) is 22.4 Å². The SMILES string of the molecule is c1ccc2cc(-c3ccc4nc(-c5ccc6ccncc6c5)ccc4c3)ccc2c1. The zero-order chi connectivity index (χ0) is 19.9. The third-order valence-corrected chi connectivity index (χ3v) is 5.71. The minimum Gasteiger partial charge on any atom is -0.264 e. The summed E-state index contributed by atoms with van der Waals surface area (Å²) in [6.45, 7) is 0. The van der Waals surface area contributed by atoms with E-state index in [1.54, 1.807) is 0 Å². The molecule has 4 aromatic carbocycles. The molecule has 2 heteroatoms. The van der Waals surface area contributed by atoms with Crippen LogP contribution in [0.1, 0.15) is 0 Å². The number of hydrogen-bond acceptors (Lipinski definition) is 2. The molecule has 0 atom stereocenters. The van der Waals surface area contributed by atoms with Gasteiger partial charge in [0.2, 0.25) is 0 Å². The molecule has 0 radical (unpaired) electrons. The molecular formula is C28H18N2. The van der Waals surface area contributed by atoms with Gasteiger partial charge in [-0.3, -0.25) is 4.98 Å². The second-order valence-electron chi connectivity index (χ2n) is 7.60. The molecule has 2 heterocycles. The van der Waals surface area contributed by atoms with E-state index < -0.39 is 0 Å². The molecule has 0 bridgehead atoms. The Balaban J connectivity index is 1.41. The van der Waals surface area contributed by atoms with Crippen LogP contribution in [-0.2, 0) is 0 Å². The zero-order valence-corrected chi connectivity index (χ0v) is 16.3. The molecule has 0 saturated heterocycles. The van der Waals surface area contributed by atoms with Crippen molar-refractivity contribution >= 4 is 32.4 Å². The van der Waals surface area contributed by atoms with Crippen LogP contribution in [0.4, 0.5) is 0 Å². The maximum atomic E-state index is 4.92. The van der Waals surface area contributed by atoms with Crippen LogP contribution in [0.25, 0.3) is 54.8 Å². The van der Waals surface area contributed by atoms with Crippen LogP contribution < -0.4 is 0 Å². The maximum Gasteiger partial charge on any atom is 0.0709 e. The summed E-state index contributed by atoms with van der Waals surface area (Å²) in [5.74, 6) is 0. The quantitative estimate of drug-likeness (QED) is 0.315. The van der Waals surface area contributed by atoms with Crippen molar-refractivity contribution in [2.75, 3.05) is 0 Å². The average Bonchev–Trinajstić information content (AvgIpc) is 2.83. The fourth-order valence-electron chi connectivity index (χ4n) is 4.08. The van der Waals surface area contributed by atoms with Gasteiger partial charge in [0, 0.05) is 28.7 Å². The van der Waals surface area contributed by atoms with Crippen LogP contribution in [0.5, 0.6) is 0 Å². The molecule has 0 N–H and O–H groups in total. The summed E-state index contributed by atoms with van der Waals surface area (Å²) in [6, 6.07) is 34.3. The van der Waals surface area contributed by atoms with E-state index in [0.29, 0.717) is 0 Å². The summed E-state index contributed by atoms with van der Waals surface area (Å²) in [4.78, 5) is 9.15. The number of nitrogens with zero attached hydrogens (tertiary/aromatic N) is 2. The second kappa shape index (κ2) is 6.78. The van der Waals surface area contributed by atoms with E-state index in [0.717, 1.165) is 27.5 Å². The smallest absolute Gasteiger partial charge is 0.0709 e. The van der Waals surface area contributed by atoms with Gasteiger partial charge in [0.05, 0.1) is 11.2 Å². The molecule has 6 aromatic rings. The highest BCUT2D eigenvalue weighted by atomic mass is 14.7. The highest BCUT2D eigenvalue weighted by Crippen LogP contribution is 2.29. The zero-order valence-electron chi connectivity index (χ0n) is 16.3. The molecule has 0 aliphatic rings. The third kappa shape index (κ3) is 2.90. The first-order valence-electron chi connectivity index (χ1n) is 10.1. The minimum atomic E-state index is 0.978. The van der Waals surface area contributed by atoms with E-state index in [1.165, 1.54) is 27.3 Å². The Morgan fingerprint density at radius 3 is 2.03 bits per heavy atom. The molecule has 0 spiro atoms. The second-order valence-corrected chi connectivity index (χ2v) is 7.60. The summed E-state index contributed by atoms with van der Waals surface area (Å²) in [7, 11) is 0. The number of rotatable bonds is 2. The van der Waals surface area contributed by atoms with E-state index >= 15 is 0 Å². The Morgan fingerprint density at radius 1 is 0.467 bits per heavy atom. The molecule has 140 valence electrons. The van der Waals surface area contributed by atoms with Crippen molar-refractivity contribution in [2.45, 2.75) is 0 Å². The first-order valence-corrected chi connectivity index (χ1v) is 10.1. The van der Waals surface area contributed by atoms with Gasteiger partial charge in [-0.05, 0) is 63.7 Å². The summed E-state index contributed by atoms with van der Waals surface area (Å²) in [5, 5.41) is 5.98. The van der Waals surface area contributed by atoms with Gasteiger partial charge in [-0.2, -0.15) is 0 Å². The van der Waals surface area contributed by atoms with E-state index in [2.05, 4.69) is 96.0 Å². The van der Waals surface area contributed by atoms with E-state index in [9.17, 15) is 0 Å². The molecule has 0 amide bonds. The van der Waals surface area contributed by atoms with Gasteiger partial charge in [-0.15, -0.1) is 0 Å². The molecule has 0 aliphatic heterocycles. The van der Waals surface area contributed by atoms with Crippen molar-refractivity contribution in [1.82, 2.24) is 9.97 Å². The Morgan fingerprint density at radius 2 is 1.13 bits per heavy atom. The minimum absolute atomic E-state index is 0.978. The topological polar surface area (TPSA) is 25.8 Å². The van der Waals surface area contributed by atoms with Crippen molar-refractivity contribution < 1.29 is 0 Å². The molecule has 30 heavy (non-hydrogen) atoms. The largest absolute Gasteiger partial charge is 0.264 e. The number of hydrogen-bond donors (Lipinski definition) is 0. The molecule has 0 saturated carbocycles. The van der Waals surface area contributed by atoms with Gasteiger partial charge in [-0.25, -0.2) is 4.98 Å². The molecule has 0 unspecified atom stereocenters.